The van der Waals surface area contributed by atoms with E-state index < -0.39 is 6.04 Å². The summed E-state index contributed by atoms with van der Waals surface area (Å²) in [5.41, 5.74) is 6.05. The molecule has 0 spiro atoms. The third-order valence-corrected chi connectivity index (χ3v) is 4.41. The van der Waals surface area contributed by atoms with Gasteiger partial charge in [0.15, 0.2) is 0 Å². The maximum absolute atomic E-state index is 13.1. The van der Waals surface area contributed by atoms with Crippen LogP contribution in [0, 0.1) is 20.8 Å². The van der Waals surface area contributed by atoms with Gasteiger partial charge in [-0.1, -0.05) is 60.2 Å². The summed E-state index contributed by atoms with van der Waals surface area (Å²) in [5.74, 6) is -0.0783. The molecule has 0 bridgehead atoms. The Morgan fingerprint density at radius 2 is 1.46 bits per heavy atom. The first-order chi connectivity index (χ1) is 12.5. The van der Waals surface area contributed by atoms with Crippen LogP contribution in [0.4, 0.5) is 11.4 Å². The molecule has 0 heterocycles. The van der Waals surface area contributed by atoms with Gasteiger partial charge in [0.2, 0.25) is 0 Å². The van der Waals surface area contributed by atoms with Crippen molar-refractivity contribution in [2.75, 3.05) is 10.6 Å². The van der Waals surface area contributed by atoms with Crippen LogP contribution in [0.5, 0.6) is 0 Å². The molecule has 0 aliphatic heterocycles. The van der Waals surface area contributed by atoms with Crippen molar-refractivity contribution in [1.82, 2.24) is 0 Å². The van der Waals surface area contributed by atoms with E-state index in [0.717, 1.165) is 28.1 Å². The Hall–Kier alpha value is -3.07. The molecule has 26 heavy (non-hydrogen) atoms. The number of amides is 1. The van der Waals surface area contributed by atoms with E-state index in [0.29, 0.717) is 0 Å². The van der Waals surface area contributed by atoms with Gasteiger partial charge in [-0.25, -0.2) is 0 Å². The number of nitrogens with one attached hydrogen (secondary N) is 2. The Balaban J connectivity index is 1.88. The van der Waals surface area contributed by atoms with E-state index in [2.05, 4.69) is 10.6 Å². The van der Waals surface area contributed by atoms with E-state index in [9.17, 15) is 4.79 Å². The highest BCUT2D eigenvalue weighted by molar-refractivity contribution is 5.97. The summed E-state index contributed by atoms with van der Waals surface area (Å²) < 4.78 is 0. The number of carbonyl (C=O) groups is 1. The predicted octanol–water partition coefficient (Wildman–Crippen LogP) is 5.40. The summed E-state index contributed by atoms with van der Waals surface area (Å²) in [6, 6.07) is 23.4. The fourth-order valence-electron chi connectivity index (χ4n) is 2.84. The smallest absolute Gasteiger partial charge is 0.251 e. The minimum Gasteiger partial charge on any atom is -0.370 e. The molecule has 0 aliphatic carbocycles. The number of benzene rings is 3. The second-order valence-corrected chi connectivity index (χ2v) is 6.66. The molecule has 3 nitrogen and oxygen atoms in total. The summed E-state index contributed by atoms with van der Waals surface area (Å²) >= 11 is 0. The molecule has 0 saturated carbocycles. The van der Waals surface area contributed by atoms with Crippen LogP contribution in [-0.4, -0.2) is 5.91 Å². The number of anilines is 2. The molecular weight excluding hydrogens is 320 g/mol. The van der Waals surface area contributed by atoms with Gasteiger partial charge in [-0.15, -0.1) is 0 Å². The summed E-state index contributed by atoms with van der Waals surface area (Å²) in [4.78, 5) is 13.1. The average molecular weight is 344 g/mol. The topological polar surface area (TPSA) is 41.1 Å². The van der Waals surface area contributed by atoms with Crippen LogP contribution in [0.3, 0.4) is 0 Å². The second kappa shape index (κ2) is 7.87. The van der Waals surface area contributed by atoms with Gasteiger partial charge in [-0.3, -0.25) is 4.79 Å². The maximum atomic E-state index is 13.1. The van der Waals surface area contributed by atoms with Gasteiger partial charge in [0.05, 0.1) is 0 Å². The summed E-state index contributed by atoms with van der Waals surface area (Å²) in [7, 11) is 0. The SMILES string of the molecule is Cc1ccc(NC(C(=O)Nc2cc(C)ccc2C)c2ccccc2)cc1. The van der Waals surface area contributed by atoms with Crippen LogP contribution >= 0.6 is 0 Å². The largest absolute Gasteiger partial charge is 0.370 e. The Morgan fingerprint density at radius 3 is 2.15 bits per heavy atom. The quantitative estimate of drug-likeness (QED) is 0.650. The molecule has 3 aromatic carbocycles. The van der Waals surface area contributed by atoms with Crippen molar-refractivity contribution >= 4 is 17.3 Å². The van der Waals surface area contributed by atoms with E-state index in [-0.39, 0.29) is 5.91 Å². The molecule has 3 heteroatoms. The number of hydrogen-bond acceptors (Lipinski definition) is 2. The molecule has 0 aromatic heterocycles. The fourth-order valence-corrected chi connectivity index (χ4v) is 2.84. The molecule has 1 atom stereocenters. The van der Waals surface area contributed by atoms with Crippen LogP contribution in [0.1, 0.15) is 28.3 Å². The lowest BCUT2D eigenvalue weighted by Gasteiger charge is -2.21. The highest BCUT2D eigenvalue weighted by atomic mass is 16.2. The highest BCUT2D eigenvalue weighted by Gasteiger charge is 2.21. The van der Waals surface area contributed by atoms with Crippen LogP contribution in [0.2, 0.25) is 0 Å². The van der Waals surface area contributed by atoms with E-state index in [1.807, 2.05) is 93.6 Å². The van der Waals surface area contributed by atoms with Crippen molar-refractivity contribution in [2.24, 2.45) is 0 Å². The van der Waals surface area contributed by atoms with Crippen molar-refractivity contribution in [2.45, 2.75) is 26.8 Å². The lowest BCUT2D eigenvalue weighted by atomic mass is 10.0. The molecule has 0 fully saturated rings. The van der Waals surface area contributed by atoms with Crippen molar-refractivity contribution in [3.63, 3.8) is 0 Å². The molecule has 2 N–H and O–H groups in total. The average Bonchev–Trinajstić information content (AvgIpc) is 2.65. The summed E-state index contributed by atoms with van der Waals surface area (Å²) in [6.07, 6.45) is 0. The zero-order valence-electron chi connectivity index (χ0n) is 15.4. The van der Waals surface area contributed by atoms with Gasteiger partial charge in [0.1, 0.15) is 6.04 Å². The lowest BCUT2D eigenvalue weighted by Crippen LogP contribution is -2.27. The first kappa shape index (κ1) is 17.7. The Labute approximate surface area is 155 Å². The molecular formula is C23H24N2O. The zero-order chi connectivity index (χ0) is 18.5. The fraction of sp³-hybridized carbons (Fsp3) is 0.174. The number of carbonyl (C=O) groups excluding carboxylic acids is 1. The third-order valence-electron chi connectivity index (χ3n) is 4.41. The Morgan fingerprint density at radius 1 is 0.808 bits per heavy atom. The maximum Gasteiger partial charge on any atom is 0.251 e. The van der Waals surface area contributed by atoms with E-state index in [4.69, 9.17) is 0 Å². The normalized spacial score (nSPS) is 11.7. The zero-order valence-corrected chi connectivity index (χ0v) is 15.4. The molecule has 0 saturated heterocycles. The minimum absolute atomic E-state index is 0.0783. The summed E-state index contributed by atoms with van der Waals surface area (Å²) in [5, 5.41) is 6.44. The van der Waals surface area contributed by atoms with E-state index in [1.165, 1.54) is 5.56 Å². The van der Waals surface area contributed by atoms with E-state index in [1.54, 1.807) is 0 Å². The van der Waals surface area contributed by atoms with E-state index >= 15 is 0 Å². The number of aryl methyl sites for hydroxylation is 3. The van der Waals surface area contributed by atoms with Gasteiger partial charge in [-0.2, -0.15) is 0 Å². The Bertz CT molecular complexity index is 886. The van der Waals surface area contributed by atoms with Crippen LogP contribution < -0.4 is 10.6 Å². The van der Waals surface area contributed by atoms with Crippen molar-refractivity contribution in [3.8, 4) is 0 Å². The van der Waals surface area contributed by atoms with Crippen molar-refractivity contribution in [1.29, 1.82) is 0 Å². The van der Waals surface area contributed by atoms with Gasteiger partial charge in [0, 0.05) is 11.4 Å². The molecule has 3 rings (SSSR count). The predicted molar refractivity (Wildman–Crippen MR) is 109 cm³/mol. The van der Waals surface area contributed by atoms with Crippen LogP contribution in [-0.2, 0) is 4.79 Å². The van der Waals surface area contributed by atoms with Crippen molar-refractivity contribution in [3.05, 3.63) is 95.1 Å². The van der Waals surface area contributed by atoms with Gasteiger partial charge in [-0.05, 0) is 55.7 Å². The van der Waals surface area contributed by atoms with Crippen LogP contribution in [0.15, 0.2) is 72.8 Å². The van der Waals surface area contributed by atoms with Gasteiger partial charge < -0.3 is 10.6 Å². The second-order valence-electron chi connectivity index (χ2n) is 6.66. The molecule has 1 unspecified atom stereocenters. The molecule has 132 valence electrons. The first-order valence-electron chi connectivity index (χ1n) is 8.79. The number of rotatable bonds is 5. The molecule has 1 amide bonds. The molecule has 0 aliphatic rings. The minimum atomic E-state index is -0.473. The standard InChI is InChI=1S/C23H24N2O/c1-16-10-13-20(14-11-16)24-22(19-7-5-4-6-8-19)23(26)25-21-15-17(2)9-12-18(21)3/h4-15,22,24H,1-3H3,(H,25,26). The molecule has 0 radical (unpaired) electrons. The Kier molecular flexibility index (Phi) is 5.37. The van der Waals surface area contributed by atoms with Gasteiger partial charge >= 0.3 is 0 Å². The monoisotopic (exact) mass is 344 g/mol. The first-order valence-corrected chi connectivity index (χ1v) is 8.79. The summed E-state index contributed by atoms with van der Waals surface area (Å²) in [6.45, 7) is 6.07. The lowest BCUT2D eigenvalue weighted by molar-refractivity contribution is -0.117. The van der Waals surface area contributed by atoms with Crippen molar-refractivity contribution < 1.29 is 4.79 Å². The molecule has 3 aromatic rings. The number of hydrogen-bond donors (Lipinski definition) is 2. The van der Waals surface area contributed by atoms with Gasteiger partial charge in [0.25, 0.3) is 5.91 Å². The highest BCUT2D eigenvalue weighted by Crippen LogP contribution is 2.23. The third kappa shape index (κ3) is 4.31. The van der Waals surface area contributed by atoms with Crippen LogP contribution in [0.25, 0.3) is 0 Å².